The molecule has 0 unspecified atom stereocenters. The van der Waals surface area contributed by atoms with Gasteiger partial charge in [0.1, 0.15) is 11.6 Å². The van der Waals surface area contributed by atoms with Crippen LogP contribution in [0.3, 0.4) is 0 Å². The predicted molar refractivity (Wildman–Crippen MR) is 65.8 cm³/mol. The number of hydrogen-bond donors (Lipinski definition) is 1. The van der Waals surface area contributed by atoms with Crippen LogP contribution in [0.2, 0.25) is 0 Å². The van der Waals surface area contributed by atoms with E-state index in [4.69, 9.17) is 0 Å². The first-order valence-corrected chi connectivity index (χ1v) is 5.88. The third-order valence-electron chi connectivity index (χ3n) is 2.99. The maximum Gasteiger partial charge on any atom is 0.132 e. The molecular formula is C14H14N2O. The third-order valence-corrected chi connectivity index (χ3v) is 2.99. The van der Waals surface area contributed by atoms with Gasteiger partial charge in [-0.25, -0.2) is 9.97 Å². The van der Waals surface area contributed by atoms with Crippen LogP contribution >= 0.6 is 0 Å². The molecule has 2 aromatic rings. The number of rotatable bonds is 2. The molecule has 3 nitrogen and oxygen atoms in total. The van der Waals surface area contributed by atoms with Crippen LogP contribution in [0.4, 0.5) is 0 Å². The number of hydrogen-bond acceptors (Lipinski definition) is 3. The van der Waals surface area contributed by atoms with E-state index in [0.717, 1.165) is 22.8 Å². The quantitative estimate of drug-likeness (QED) is 0.856. The van der Waals surface area contributed by atoms with E-state index in [2.05, 4.69) is 9.97 Å². The zero-order valence-corrected chi connectivity index (χ0v) is 9.72. The van der Waals surface area contributed by atoms with Gasteiger partial charge in [0.15, 0.2) is 0 Å². The molecule has 3 rings (SSSR count). The van der Waals surface area contributed by atoms with Crippen molar-refractivity contribution in [1.82, 2.24) is 9.97 Å². The first kappa shape index (κ1) is 10.3. The summed E-state index contributed by atoms with van der Waals surface area (Å²) in [6.07, 6.45) is 2.37. The summed E-state index contributed by atoms with van der Waals surface area (Å²) in [5, 5.41) is 9.84. The van der Waals surface area contributed by atoms with E-state index in [-0.39, 0.29) is 5.75 Å². The molecule has 0 radical (unpaired) electrons. The van der Waals surface area contributed by atoms with Gasteiger partial charge in [-0.15, -0.1) is 0 Å². The minimum Gasteiger partial charge on any atom is -0.507 e. The fourth-order valence-corrected chi connectivity index (χ4v) is 1.94. The van der Waals surface area contributed by atoms with Gasteiger partial charge in [0, 0.05) is 17.2 Å². The third kappa shape index (κ3) is 2.00. The predicted octanol–water partition coefficient (Wildman–Crippen LogP) is 3.04. The zero-order valence-electron chi connectivity index (χ0n) is 9.72. The van der Waals surface area contributed by atoms with Crippen LogP contribution < -0.4 is 0 Å². The summed E-state index contributed by atoms with van der Waals surface area (Å²) in [4.78, 5) is 9.01. The van der Waals surface area contributed by atoms with E-state index in [9.17, 15) is 5.11 Å². The Morgan fingerprint density at radius 1 is 1.18 bits per heavy atom. The average Bonchev–Trinajstić information content (AvgIpc) is 3.12. The highest BCUT2D eigenvalue weighted by Gasteiger charge is 2.27. The molecule has 17 heavy (non-hydrogen) atoms. The zero-order chi connectivity index (χ0) is 11.8. The minimum atomic E-state index is 0.271. The summed E-state index contributed by atoms with van der Waals surface area (Å²) in [6, 6.07) is 9.20. The van der Waals surface area contributed by atoms with Crippen molar-refractivity contribution in [2.75, 3.05) is 0 Å². The number of para-hydroxylation sites is 1. The SMILES string of the molecule is Cc1cc(-c2ccccc2O)nc(C2CC2)n1. The molecule has 3 heteroatoms. The molecule has 0 amide bonds. The topological polar surface area (TPSA) is 46.0 Å². The molecule has 0 spiro atoms. The van der Waals surface area contributed by atoms with E-state index in [1.165, 1.54) is 12.8 Å². The van der Waals surface area contributed by atoms with Gasteiger partial charge >= 0.3 is 0 Å². The maximum absolute atomic E-state index is 9.84. The van der Waals surface area contributed by atoms with Crippen molar-refractivity contribution in [3.8, 4) is 17.0 Å². The Balaban J connectivity index is 2.11. The largest absolute Gasteiger partial charge is 0.507 e. The van der Waals surface area contributed by atoms with Gasteiger partial charge in [-0.05, 0) is 38.0 Å². The molecule has 1 fully saturated rings. The van der Waals surface area contributed by atoms with Crippen molar-refractivity contribution in [3.63, 3.8) is 0 Å². The van der Waals surface area contributed by atoms with E-state index in [1.807, 2.05) is 31.2 Å². The molecule has 0 atom stereocenters. The summed E-state index contributed by atoms with van der Waals surface area (Å²) in [5.41, 5.74) is 2.55. The number of phenolic OH excluding ortho intramolecular Hbond substituents is 1. The van der Waals surface area contributed by atoms with Crippen molar-refractivity contribution >= 4 is 0 Å². The van der Waals surface area contributed by atoms with Crippen LogP contribution in [-0.2, 0) is 0 Å². The lowest BCUT2D eigenvalue weighted by molar-refractivity contribution is 0.477. The maximum atomic E-state index is 9.84. The molecule has 1 aromatic heterocycles. The van der Waals surface area contributed by atoms with Gasteiger partial charge in [-0.3, -0.25) is 0 Å². The van der Waals surface area contributed by atoms with Gasteiger partial charge < -0.3 is 5.11 Å². The van der Waals surface area contributed by atoms with Crippen molar-refractivity contribution in [1.29, 1.82) is 0 Å². The molecule has 0 aliphatic heterocycles. The van der Waals surface area contributed by atoms with Crippen LogP contribution in [0, 0.1) is 6.92 Å². The molecule has 1 N–H and O–H groups in total. The average molecular weight is 226 g/mol. The summed E-state index contributed by atoms with van der Waals surface area (Å²) >= 11 is 0. The standard InChI is InChI=1S/C14H14N2O/c1-9-8-12(11-4-2-3-5-13(11)17)16-14(15-9)10-6-7-10/h2-5,8,10,17H,6-7H2,1H3. The molecule has 1 saturated carbocycles. The molecule has 0 bridgehead atoms. The lowest BCUT2D eigenvalue weighted by atomic mass is 10.1. The Bertz CT molecular complexity index is 562. The first-order valence-electron chi connectivity index (χ1n) is 5.88. The number of aromatic nitrogens is 2. The van der Waals surface area contributed by atoms with Crippen molar-refractivity contribution in [3.05, 3.63) is 41.9 Å². The molecule has 1 aliphatic carbocycles. The highest BCUT2D eigenvalue weighted by molar-refractivity contribution is 5.66. The number of aryl methyl sites for hydroxylation is 1. The van der Waals surface area contributed by atoms with Crippen molar-refractivity contribution < 1.29 is 5.11 Å². The smallest absolute Gasteiger partial charge is 0.132 e. The van der Waals surface area contributed by atoms with Crippen LogP contribution in [0.5, 0.6) is 5.75 Å². The van der Waals surface area contributed by atoms with Gasteiger partial charge in [0.2, 0.25) is 0 Å². The highest BCUT2D eigenvalue weighted by Crippen LogP contribution is 2.39. The van der Waals surface area contributed by atoms with Crippen LogP contribution in [0.1, 0.15) is 30.3 Å². The molecular weight excluding hydrogens is 212 g/mol. The van der Waals surface area contributed by atoms with Gasteiger partial charge in [-0.2, -0.15) is 0 Å². The second-order valence-corrected chi connectivity index (χ2v) is 4.54. The Morgan fingerprint density at radius 3 is 2.65 bits per heavy atom. The van der Waals surface area contributed by atoms with Crippen molar-refractivity contribution in [2.45, 2.75) is 25.7 Å². The van der Waals surface area contributed by atoms with E-state index in [1.54, 1.807) is 6.07 Å². The fraction of sp³-hybridized carbons (Fsp3) is 0.286. The number of nitrogens with zero attached hydrogens (tertiary/aromatic N) is 2. The number of phenols is 1. The van der Waals surface area contributed by atoms with Crippen LogP contribution in [0.25, 0.3) is 11.3 Å². The second kappa shape index (κ2) is 3.84. The second-order valence-electron chi connectivity index (χ2n) is 4.54. The monoisotopic (exact) mass is 226 g/mol. The number of aromatic hydroxyl groups is 1. The Labute approximate surface area is 100 Å². The van der Waals surface area contributed by atoms with E-state index < -0.39 is 0 Å². The van der Waals surface area contributed by atoms with Gasteiger partial charge in [0.25, 0.3) is 0 Å². The van der Waals surface area contributed by atoms with Crippen molar-refractivity contribution in [2.24, 2.45) is 0 Å². The molecule has 1 aliphatic rings. The minimum absolute atomic E-state index is 0.271. The first-order chi connectivity index (χ1) is 8.24. The molecule has 0 saturated heterocycles. The molecule has 1 aromatic carbocycles. The molecule has 1 heterocycles. The highest BCUT2D eigenvalue weighted by atomic mass is 16.3. The van der Waals surface area contributed by atoms with E-state index >= 15 is 0 Å². The fourth-order valence-electron chi connectivity index (χ4n) is 1.94. The van der Waals surface area contributed by atoms with Gasteiger partial charge in [-0.1, -0.05) is 12.1 Å². The van der Waals surface area contributed by atoms with Gasteiger partial charge in [0.05, 0.1) is 5.69 Å². The summed E-state index contributed by atoms with van der Waals surface area (Å²) < 4.78 is 0. The van der Waals surface area contributed by atoms with E-state index in [0.29, 0.717) is 5.92 Å². The summed E-state index contributed by atoms with van der Waals surface area (Å²) in [7, 11) is 0. The molecule has 86 valence electrons. The summed E-state index contributed by atoms with van der Waals surface area (Å²) in [6.45, 7) is 1.97. The summed E-state index contributed by atoms with van der Waals surface area (Å²) in [5.74, 6) is 1.72. The normalized spacial score (nSPS) is 14.9. The van der Waals surface area contributed by atoms with Crippen LogP contribution in [0.15, 0.2) is 30.3 Å². The lowest BCUT2D eigenvalue weighted by Crippen LogP contribution is -1.97. The Morgan fingerprint density at radius 2 is 1.94 bits per heavy atom. The Kier molecular flexibility index (Phi) is 2.32. The van der Waals surface area contributed by atoms with Crippen LogP contribution in [-0.4, -0.2) is 15.1 Å². The number of benzene rings is 1. The lowest BCUT2D eigenvalue weighted by Gasteiger charge is -2.06. The Hall–Kier alpha value is -1.90.